The van der Waals surface area contributed by atoms with Gasteiger partial charge in [0.25, 0.3) is 5.91 Å². The third-order valence-electron chi connectivity index (χ3n) is 5.04. The SMILES string of the molecule is CN(Cc1cccc(-c2ccc(C(=O)NCCc3ccc(F)cc3)cc2)c1)C(=O)CN. The zero-order valence-corrected chi connectivity index (χ0v) is 17.5. The number of amides is 2. The molecular formula is C25H26FN3O2. The first-order valence-corrected chi connectivity index (χ1v) is 10.1. The number of benzene rings is 3. The first-order valence-electron chi connectivity index (χ1n) is 10.1. The van der Waals surface area contributed by atoms with Crippen LogP contribution < -0.4 is 11.1 Å². The number of carbonyl (C=O) groups excluding carboxylic acids is 2. The largest absolute Gasteiger partial charge is 0.352 e. The van der Waals surface area contributed by atoms with Crippen LogP contribution in [-0.4, -0.2) is 36.9 Å². The molecular weight excluding hydrogens is 393 g/mol. The third kappa shape index (κ3) is 6.23. The number of carbonyl (C=O) groups is 2. The van der Waals surface area contributed by atoms with Crippen molar-refractivity contribution in [3.05, 3.63) is 95.3 Å². The molecule has 0 unspecified atom stereocenters. The Morgan fingerprint density at radius 1 is 0.935 bits per heavy atom. The molecule has 0 heterocycles. The van der Waals surface area contributed by atoms with Crippen LogP contribution in [0.3, 0.4) is 0 Å². The summed E-state index contributed by atoms with van der Waals surface area (Å²) >= 11 is 0. The van der Waals surface area contributed by atoms with E-state index in [0.29, 0.717) is 25.1 Å². The zero-order chi connectivity index (χ0) is 22.2. The summed E-state index contributed by atoms with van der Waals surface area (Å²) in [5.74, 6) is -0.529. The van der Waals surface area contributed by atoms with Crippen LogP contribution in [0, 0.1) is 5.82 Å². The van der Waals surface area contributed by atoms with Crippen molar-refractivity contribution >= 4 is 11.8 Å². The summed E-state index contributed by atoms with van der Waals surface area (Å²) in [7, 11) is 1.73. The van der Waals surface area contributed by atoms with E-state index in [1.165, 1.54) is 12.1 Å². The maximum Gasteiger partial charge on any atom is 0.251 e. The van der Waals surface area contributed by atoms with Crippen LogP contribution in [-0.2, 0) is 17.8 Å². The van der Waals surface area contributed by atoms with Crippen LogP contribution in [0.15, 0.2) is 72.8 Å². The highest BCUT2D eigenvalue weighted by Gasteiger charge is 2.09. The Labute approximate surface area is 181 Å². The number of hydrogen-bond acceptors (Lipinski definition) is 3. The third-order valence-corrected chi connectivity index (χ3v) is 5.04. The molecule has 0 radical (unpaired) electrons. The summed E-state index contributed by atoms with van der Waals surface area (Å²) in [4.78, 5) is 25.7. The lowest BCUT2D eigenvalue weighted by Gasteiger charge is -2.16. The second kappa shape index (κ2) is 10.5. The summed E-state index contributed by atoms with van der Waals surface area (Å²) < 4.78 is 12.9. The van der Waals surface area contributed by atoms with E-state index in [0.717, 1.165) is 22.3 Å². The van der Waals surface area contributed by atoms with Gasteiger partial charge in [0.1, 0.15) is 5.82 Å². The van der Waals surface area contributed by atoms with Gasteiger partial charge in [0, 0.05) is 25.7 Å². The monoisotopic (exact) mass is 419 g/mol. The molecule has 0 aromatic heterocycles. The lowest BCUT2D eigenvalue weighted by Crippen LogP contribution is -2.32. The van der Waals surface area contributed by atoms with Crippen LogP contribution in [0.25, 0.3) is 11.1 Å². The molecule has 0 spiro atoms. The summed E-state index contributed by atoms with van der Waals surface area (Å²) in [6.07, 6.45) is 0.637. The highest BCUT2D eigenvalue weighted by Crippen LogP contribution is 2.21. The van der Waals surface area contributed by atoms with E-state index in [1.54, 1.807) is 36.2 Å². The fourth-order valence-electron chi connectivity index (χ4n) is 3.25. The van der Waals surface area contributed by atoms with Crippen molar-refractivity contribution in [2.75, 3.05) is 20.1 Å². The first-order chi connectivity index (χ1) is 15.0. The van der Waals surface area contributed by atoms with Crippen LogP contribution >= 0.6 is 0 Å². The molecule has 5 nitrogen and oxygen atoms in total. The molecule has 6 heteroatoms. The van der Waals surface area contributed by atoms with Gasteiger partial charge >= 0.3 is 0 Å². The van der Waals surface area contributed by atoms with Gasteiger partial charge in [0.15, 0.2) is 0 Å². The number of nitrogens with one attached hydrogen (secondary N) is 1. The smallest absolute Gasteiger partial charge is 0.251 e. The van der Waals surface area contributed by atoms with E-state index >= 15 is 0 Å². The first kappa shape index (κ1) is 22.2. The second-order valence-electron chi connectivity index (χ2n) is 7.36. The highest BCUT2D eigenvalue weighted by molar-refractivity contribution is 5.94. The average molecular weight is 420 g/mol. The predicted octanol–water partition coefficient (Wildman–Crippen LogP) is 3.38. The van der Waals surface area contributed by atoms with Crippen molar-refractivity contribution in [3.8, 4) is 11.1 Å². The minimum Gasteiger partial charge on any atom is -0.352 e. The molecule has 0 fully saturated rings. The standard InChI is InChI=1S/C25H26FN3O2/c1-29(24(30)16-27)17-19-3-2-4-22(15-19)20-7-9-21(10-8-20)25(31)28-14-13-18-5-11-23(26)12-6-18/h2-12,15H,13-14,16-17,27H2,1H3,(H,28,31). The molecule has 0 atom stereocenters. The normalized spacial score (nSPS) is 10.5. The Hall–Kier alpha value is -3.51. The fraction of sp³-hybridized carbons (Fsp3) is 0.200. The van der Waals surface area contributed by atoms with Gasteiger partial charge in [0.2, 0.25) is 5.91 Å². The van der Waals surface area contributed by atoms with Gasteiger partial charge in [-0.15, -0.1) is 0 Å². The second-order valence-corrected chi connectivity index (χ2v) is 7.36. The molecule has 0 bridgehead atoms. The van der Waals surface area contributed by atoms with E-state index in [4.69, 9.17) is 5.73 Å². The van der Waals surface area contributed by atoms with Crippen LogP contribution in [0.5, 0.6) is 0 Å². The lowest BCUT2D eigenvalue weighted by molar-refractivity contribution is -0.128. The van der Waals surface area contributed by atoms with Crippen molar-refractivity contribution in [2.24, 2.45) is 5.73 Å². The minimum absolute atomic E-state index is 0.0103. The molecule has 31 heavy (non-hydrogen) atoms. The Morgan fingerprint density at radius 2 is 1.65 bits per heavy atom. The van der Waals surface area contributed by atoms with E-state index in [2.05, 4.69) is 5.32 Å². The summed E-state index contributed by atoms with van der Waals surface area (Å²) in [6.45, 7) is 0.950. The maximum absolute atomic E-state index is 12.9. The van der Waals surface area contributed by atoms with Crippen LogP contribution in [0.4, 0.5) is 4.39 Å². The van der Waals surface area contributed by atoms with Crippen molar-refractivity contribution in [1.82, 2.24) is 10.2 Å². The quantitative estimate of drug-likeness (QED) is 0.588. The van der Waals surface area contributed by atoms with Gasteiger partial charge in [-0.05, 0) is 59.0 Å². The van der Waals surface area contributed by atoms with E-state index < -0.39 is 0 Å². The maximum atomic E-state index is 12.9. The molecule has 3 aromatic carbocycles. The summed E-state index contributed by atoms with van der Waals surface area (Å²) in [6, 6.07) is 21.6. The number of nitrogens with zero attached hydrogens (tertiary/aromatic N) is 1. The Bertz CT molecular complexity index is 1030. The van der Waals surface area contributed by atoms with E-state index in [9.17, 15) is 14.0 Å². The molecule has 2 amide bonds. The molecule has 3 aromatic rings. The molecule has 0 saturated heterocycles. The lowest BCUT2D eigenvalue weighted by atomic mass is 10.0. The van der Waals surface area contributed by atoms with Gasteiger partial charge in [-0.3, -0.25) is 9.59 Å². The van der Waals surface area contributed by atoms with E-state index in [-0.39, 0.29) is 24.2 Å². The molecule has 0 aliphatic heterocycles. The molecule has 0 aliphatic carbocycles. The van der Waals surface area contributed by atoms with Crippen LogP contribution in [0.1, 0.15) is 21.5 Å². The van der Waals surface area contributed by atoms with Gasteiger partial charge < -0.3 is 16.0 Å². The molecule has 0 aliphatic rings. The minimum atomic E-state index is -0.269. The van der Waals surface area contributed by atoms with Crippen LogP contribution in [0.2, 0.25) is 0 Å². The van der Waals surface area contributed by atoms with Gasteiger partial charge in [-0.2, -0.15) is 0 Å². The Morgan fingerprint density at radius 3 is 2.32 bits per heavy atom. The van der Waals surface area contributed by atoms with Crippen molar-refractivity contribution in [3.63, 3.8) is 0 Å². The summed E-state index contributed by atoms with van der Waals surface area (Å²) in [5, 5.41) is 2.89. The Kier molecular flexibility index (Phi) is 7.51. The predicted molar refractivity (Wildman–Crippen MR) is 120 cm³/mol. The Balaban J connectivity index is 1.59. The average Bonchev–Trinajstić information content (AvgIpc) is 2.80. The van der Waals surface area contributed by atoms with Crippen molar-refractivity contribution in [1.29, 1.82) is 0 Å². The molecule has 3 rings (SSSR count). The number of likely N-dealkylation sites (N-methyl/N-ethyl adjacent to an activating group) is 1. The highest BCUT2D eigenvalue weighted by atomic mass is 19.1. The fourth-order valence-corrected chi connectivity index (χ4v) is 3.25. The molecule has 0 saturated carbocycles. The zero-order valence-electron chi connectivity index (χ0n) is 17.5. The topological polar surface area (TPSA) is 75.4 Å². The van der Waals surface area contributed by atoms with Crippen molar-refractivity contribution < 1.29 is 14.0 Å². The number of nitrogens with two attached hydrogens (primary N) is 1. The van der Waals surface area contributed by atoms with E-state index in [1.807, 2.05) is 36.4 Å². The van der Waals surface area contributed by atoms with Gasteiger partial charge in [-0.25, -0.2) is 4.39 Å². The number of halogens is 1. The number of rotatable bonds is 8. The van der Waals surface area contributed by atoms with Crippen molar-refractivity contribution in [2.45, 2.75) is 13.0 Å². The number of hydrogen-bond donors (Lipinski definition) is 2. The summed E-state index contributed by atoms with van der Waals surface area (Å²) in [5.41, 5.74) is 9.96. The van der Waals surface area contributed by atoms with Gasteiger partial charge in [0.05, 0.1) is 6.54 Å². The van der Waals surface area contributed by atoms with Gasteiger partial charge in [-0.1, -0.05) is 42.5 Å². The molecule has 3 N–H and O–H groups in total. The molecule has 160 valence electrons.